The second-order valence-corrected chi connectivity index (χ2v) is 2.71. The first-order valence-electron chi connectivity index (χ1n) is 2.92. The van der Waals surface area contributed by atoms with Gasteiger partial charge in [-0.2, -0.15) is 0 Å². The monoisotopic (exact) mass is 146 g/mol. The van der Waals surface area contributed by atoms with Gasteiger partial charge in [-0.05, 0) is 24.4 Å². The van der Waals surface area contributed by atoms with Crippen LogP contribution in [0.1, 0.15) is 20.8 Å². The summed E-state index contributed by atoms with van der Waals surface area (Å²) in [4.78, 5) is 10.4. The minimum absolute atomic E-state index is 0.358. The molecule has 0 heterocycles. The third-order valence-corrected chi connectivity index (χ3v) is 1.19. The van der Waals surface area contributed by atoms with Crippen molar-refractivity contribution < 1.29 is 4.79 Å². The normalized spacial score (nSPS) is 12.3. The summed E-state index contributed by atoms with van der Waals surface area (Å²) in [6.45, 7) is 5.72. The Morgan fingerprint density at radius 3 is 2.11 bits per heavy atom. The van der Waals surface area contributed by atoms with Crippen LogP contribution in [0.2, 0.25) is 0 Å². The van der Waals surface area contributed by atoms with Gasteiger partial charge < -0.3 is 0 Å². The average Bonchev–Trinajstić information content (AvgIpc) is 1.63. The Labute approximate surface area is 60.7 Å². The van der Waals surface area contributed by atoms with Crippen molar-refractivity contribution in [2.75, 3.05) is 0 Å². The van der Waals surface area contributed by atoms with E-state index in [0.29, 0.717) is 11.5 Å². The molecule has 0 unspecified atom stereocenters. The lowest BCUT2D eigenvalue weighted by atomic mass is 10.1. The summed E-state index contributed by atoms with van der Waals surface area (Å²) in [5, 5.41) is -0.358. The molecule has 0 rings (SSSR count). The van der Waals surface area contributed by atoms with Gasteiger partial charge >= 0.3 is 0 Å². The van der Waals surface area contributed by atoms with Crippen molar-refractivity contribution in [2.45, 2.75) is 20.8 Å². The molecular formula is C7H11ClO. The van der Waals surface area contributed by atoms with E-state index in [1.165, 1.54) is 0 Å². The van der Waals surface area contributed by atoms with Crippen LogP contribution in [-0.4, -0.2) is 5.24 Å². The van der Waals surface area contributed by atoms with E-state index in [9.17, 15) is 4.79 Å². The highest BCUT2D eigenvalue weighted by Crippen LogP contribution is 2.03. The molecule has 0 aliphatic carbocycles. The number of halogens is 1. The lowest BCUT2D eigenvalue weighted by Gasteiger charge is -1.95. The second kappa shape index (κ2) is 3.67. The van der Waals surface area contributed by atoms with E-state index in [4.69, 9.17) is 11.6 Å². The molecule has 0 spiro atoms. The highest BCUT2D eigenvalue weighted by molar-refractivity contribution is 6.67. The molecule has 9 heavy (non-hydrogen) atoms. The smallest absolute Gasteiger partial charge is 0.247 e. The van der Waals surface area contributed by atoms with E-state index < -0.39 is 0 Å². The zero-order chi connectivity index (χ0) is 7.44. The predicted molar refractivity (Wildman–Crippen MR) is 39.5 cm³/mol. The number of rotatable bonds is 2. The Bertz CT molecular complexity index is 136. The van der Waals surface area contributed by atoms with Crippen molar-refractivity contribution in [2.24, 2.45) is 5.92 Å². The van der Waals surface area contributed by atoms with Gasteiger partial charge in [0.25, 0.3) is 0 Å². The molecule has 0 amide bonds. The summed E-state index contributed by atoms with van der Waals surface area (Å²) < 4.78 is 0. The van der Waals surface area contributed by atoms with Crippen molar-refractivity contribution in [1.29, 1.82) is 0 Å². The molecule has 0 saturated carbocycles. The van der Waals surface area contributed by atoms with Crippen LogP contribution in [0.5, 0.6) is 0 Å². The molecule has 0 atom stereocenters. The van der Waals surface area contributed by atoms with E-state index in [-0.39, 0.29) is 5.24 Å². The van der Waals surface area contributed by atoms with Crippen molar-refractivity contribution in [3.63, 3.8) is 0 Å². The van der Waals surface area contributed by atoms with Crippen LogP contribution in [0.4, 0.5) is 0 Å². The standard InChI is InChI=1S/C7H11ClO/c1-5(2)4-6(3)7(8)9/h4-5H,1-3H3. The molecule has 0 aromatic rings. The van der Waals surface area contributed by atoms with Gasteiger partial charge in [-0.1, -0.05) is 19.9 Å². The number of carbonyl (C=O) groups is 1. The molecule has 0 aliphatic rings. The van der Waals surface area contributed by atoms with E-state index in [2.05, 4.69) is 0 Å². The topological polar surface area (TPSA) is 17.1 Å². The average molecular weight is 147 g/mol. The number of hydrogen-bond acceptors (Lipinski definition) is 1. The minimum atomic E-state index is -0.358. The summed E-state index contributed by atoms with van der Waals surface area (Å²) in [5.74, 6) is 0.396. The summed E-state index contributed by atoms with van der Waals surface area (Å²) in [7, 11) is 0. The Morgan fingerprint density at radius 1 is 1.56 bits per heavy atom. The van der Waals surface area contributed by atoms with Crippen LogP contribution in [0.15, 0.2) is 11.6 Å². The van der Waals surface area contributed by atoms with Crippen LogP contribution in [0, 0.1) is 5.92 Å². The molecule has 0 aromatic carbocycles. The van der Waals surface area contributed by atoms with Crippen LogP contribution >= 0.6 is 11.6 Å². The van der Waals surface area contributed by atoms with Gasteiger partial charge in [-0.3, -0.25) is 4.79 Å². The van der Waals surface area contributed by atoms with Gasteiger partial charge in [0.05, 0.1) is 0 Å². The largest absolute Gasteiger partial charge is 0.276 e. The first-order valence-corrected chi connectivity index (χ1v) is 3.30. The maximum absolute atomic E-state index is 10.4. The van der Waals surface area contributed by atoms with Crippen LogP contribution in [0.3, 0.4) is 0 Å². The molecule has 1 nitrogen and oxygen atoms in total. The van der Waals surface area contributed by atoms with Gasteiger partial charge in [0.2, 0.25) is 5.24 Å². The number of carbonyl (C=O) groups excluding carboxylic acids is 1. The molecule has 0 N–H and O–H groups in total. The molecule has 0 saturated heterocycles. The molecule has 0 bridgehead atoms. The Hall–Kier alpha value is -0.300. The van der Waals surface area contributed by atoms with E-state index >= 15 is 0 Å². The Morgan fingerprint density at radius 2 is 2.00 bits per heavy atom. The quantitative estimate of drug-likeness (QED) is 0.432. The van der Waals surface area contributed by atoms with Crippen molar-refractivity contribution in [3.05, 3.63) is 11.6 Å². The van der Waals surface area contributed by atoms with Gasteiger partial charge in [-0.25, -0.2) is 0 Å². The molecule has 0 fully saturated rings. The first kappa shape index (κ1) is 8.70. The summed E-state index contributed by atoms with van der Waals surface area (Å²) in [5.41, 5.74) is 0.631. The minimum Gasteiger partial charge on any atom is -0.276 e. The molecule has 0 radical (unpaired) electrons. The Balaban J connectivity index is 4.00. The van der Waals surface area contributed by atoms with Crippen LogP contribution in [0.25, 0.3) is 0 Å². The summed E-state index contributed by atoms with van der Waals surface area (Å²) in [6, 6.07) is 0. The zero-order valence-electron chi connectivity index (χ0n) is 5.94. The fraction of sp³-hybridized carbons (Fsp3) is 0.571. The SMILES string of the molecule is CC(=CC(C)C)C(=O)Cl. The number of hydrogen-bond donors (Lipinski definition) is 0. The van der Waals surface area contributed by atoms with Crippen molar-refractivity contribution >= 4 is 16.8 Å². The fourth-order valence-corrected chi connectivity index (χ4v) is 0.629. The highest BCUT2D eigenvalue weighted by Gasteiger charge is 1.98. The summed E-state index contributed by atoms with van der Waals surface area (Å²) >= 11 is 5.17. The Kier molecular flexibility index (Phi) is 3.55. The van der Waals surface area contributed by atoms with E-state index in [1.807, 2.05) is 19.9 Å². The molecule has 0 aliphatic heterocycles. The molecular weight excluding hydrogens is 136 g/mol. The molecule has 52 valence electrons. The predicted octanol–water partition coefficient (Wildman–Crippen LogP) is 2.35. The van der Waals surface area contributed by atoms with Crippen LogP contribution in [-0.2, 0) is 4.79 Å². The highest BCUT2D eigenvalue weighted by atomic mass is 35.5. The van der Waals surface area contributed by atoms with Crippen LogP contribution < -0.4 is 0 Å². The fourth-order valence-electron chi connectivity index (χ4n) is 0.566. The lowest BCUT2D eigenvalue weighted by molar-refractivity contribution is -0.108. The van der Waals surface area contributed by atoms with Crippen molar-refractivity contribution in [1.82, 2.24) is 0 Å². The maximum Gasteiger partial charge on any atom is 0.247 e. The van der Waals surface area contributed by atoms with Gasteiger partial charge in [0, 0.05) is 5.57 Å². The number of allylic oxidation sites excluding steroid dienone is 2. The third-order valence-electron chi connectivity index (χ3n) is 0.893. The van der Waals surface area contributed by atoms with Crippen molar-refractivity contribution in [3.8, 4) is 0 Å². The third kappa shape index (κ3) is 4.22. The summed E-state index contributed by atoms with van der Waals surface area (Å²) in [6.07, 6.45) is 1.84. The molecule has 2 heteroatoms. The van der Waals surface area contributed by atoms with Gasteiger partial charge in [-0.15, -0.1) is 0 Å². The van der Waals surface area contributed by atoms with E-state index in [0.717, 1.165) is 0 Å². The molecule has 0 aromatic heterocycles. The maximum atomic E-state index is 10.4. The second-order valence-electron chi connectivity index (χ2n) is 2.37. The first-order chi connectivity index (χ1) is 4.04. The van der Waals surface area contributed by atoms with E-state index in [1.54, 1.807) is 6.92 Å². The lowest BCUT2D eigenvalue weighted by Crippen LogP contribution is -1.90. The van der Waals surface area contributed by atoms with Gasteiger partial charge in [0.1, 0.15) is 0 Å². The van der Waals surface area contributed by atoms with Gasteiger partial charge in [0.15, 0.2) is 0 Å². The zero-order valence-corrected chi connectivity index (χ0v) is 6.70.